The number of nitrogens with zero attached hydrogens (tertiary/aromatic N) is 2. The Bertz CT molecular complexity index is 1300. The molecule has 3 aliphatic rings. The zero-order valence-corrected chi connectivity index (χ0v) is 19.7. The molecule has 3 amide bonds. The number of β-lactam (4-membered cyclic amide) rings is 1. The number of carboxylic acid groups (broad SMARTS) is 1. The van der Waals surface area contributed by atoms with E-state index in [9.17, 15) is 42.9 Å². The van der Waals surface area contributed by atoms with Crippen molar-refractivity contribution in [3.63, 3.8) is 0 Å². The van der Waals surface area contributed by atoms with E-state index >= 15 is 0 Å². The first-order valence-corrected chi connectivity index (χ1v) is 12.1. The summed E-state index contributed by atoms with van der Waals surface area (Å²) in [7, 11) is -4.18. The van der Waals surface area contributed by atoms with E-state index in [0.717, 1.165) is 11.8 Å². The van der Waals surface area contributed by atoms with Crippen LogP contribution >= 0.6 is 0 Å². The molecule has 0 unspecified atom stereocenters. The van der Waals surface area contributed by atoms with Gasteiger partial charge in [0.15, 0.2) is 33.4 Å². The molecule has 1 aromatic carbocycles. The molecule has 0 radical (unpaired) electrons. The minimum Gasteiger partial charge on any atom is -0.504 e. The fourth-order valence-electron chi connectivity index (χ4n) is 4.32. The van der Waals surface area contributed by atoms with E-state index in [4.69, 9.17) is 9.47 Å². The summed E-state index contributed by atoms with van der Waals surface area (Å²) in [6.45, 7) is 1.68. The molecule has 2 fully saturated rings. The first-order valence-electron chi connectivity index (χ1n) is 10.6. The largest absolute Gasteiger partial charge is 0.504 e. The number of amides is 3. The molecule has 4 rings (SSSR count). The number of hydrazine groups is 1. The number of rotatable bonds is 5. The van der Waals surface area contributed by atoms with Gasteiger partial charge < -0.3 is 29.7 Å². The van der Waals surface area contributed by atoms with Crippen molar-refractivity contribution >= 4 is 39.6 Å². The number of hydrogen-bond acceptors (Lipinski definition) is 11. The highest BCUT2D eigenvalue weighted by atomic mass is 32.2. The Morgan fingerprint density at radius 3 is 2.61 bits per heavy atom. The number of aromatic hydroxyl groups is 2. The standard InChI is InChI=1S/C20H22N4O11S/c1-8-13(21-17(35-8)9-4-3-5-10(25)14(9)27)16(28)22-23-19(31)34-7-20(2)15(18(29)30)24-11(26)6-12(24)36(20,32)33/h3-5,8,12-13,15,25,27H,6-7H2,1-2H3,(H,22,28)(H,23,31)(H,29,30)/t8-,12-,13+,15+,20+/m1/s1. The van der Waals surface area contributed by atoms with Crippen LogP contribution in [0.2, 0.25) is 0 Å². The van der Waals surface area contributed by atoms with Gasteiger partial charge in [-0.2, -0.15) is 0 Å². The fraction of sp³-hybridized carbons (Fsp3) is 0.450. The number of carbonyl (C=O) groups excluding carboxylic acids is 3. The van der Waals surface area contributed by atoms with Crippen LogP contribution in [0.3, 0.4) is 0 Å². The lowest BCUT2D eigenvalue weighted by Gasteiger charge is -2.35. The summed E-state index contributed by atoms with van der Waals surface area (Å²) >= 11 is 0. The molecule has 194 valence electrons. The molecule has 0 spiro atoms. The van der Waals surface area contributed by atoms with Crippen molar-refractivity contribution in [1.82, 2.24) is 15.8 Å². The van der Waals surface area contributed by atoms with E-state index in [0.29, 0.717) is 0 Å². The highest BCUT2D eigenvalue weighted by Crippen LogP contribution is 2.46. The van der Waals surface area contributed by atoms with Gasteiger partial charge in [-0.15, -0.1) is 0 Å². The maximum absolute atomic E-state index is 12.8. The van der Waals surface area contributed by atoms with E-state index in [-0.39, 0.29) is 17.9 Å². The summed E-state index contributed by atoms with van der Waals surface area (Å²) in [5.74, 6) is -4.06. The van der Waals surface area contributed by atoms with Crippen molar-refractivity contribution in [2.75, 3.05) is 6.61 Å². The van der Waals surface area contributed by atoms with Crippen molar-refractivity contribution < 1.29 is 52.4 Å². The Morgan fingerprint density at radius 2 is 1.97 bits per heavy atom. The minimum atomic E-state index is -4.18. The van der Waals surface area contributed by atoms with Crippen molar-refractivity contribution in [3.05, 3.63) is 23.8 Å². The number of phenols is 2. The summed E-state index contributed by atoms with van der Waals surface area (Å²) in [5.41, 5.74) is 4.00. The van der Waals surface area contributed by atoms with E-state index in [2.05, 4.69) is 4.99 Å². The summed E-state index contributed by atoms with van der Waals surface area (Å²) in [5, 5.41) is 27.8. The van der Waals surface area contributed by atoms with Crippen LogP contribution in [-0.4, -0.2) is 93.3 Å². The van der Waals surface area contributed by atoms with Crippen LogP contribution in [-0.2, 0) is 33.7 Å². The molecule has 3 aliphatic heterocycles. The van der Waals surface area contributed by atoms with E-state index < -0.39 is 80.1 Å². The van der Waals surface area contributed by atoms with Crippen LogP contribution in [0.4, 0.5) is 4.79 Å². The molecular weight excluding hydrogens is 504 g/mol. The number of benzene rings is 1. The lowest BCUT2D eigenvalue weighted by atomic mass is 9.97. The number of aliphatic imine (C=N–C) groups is 1. The second-order valence-electron chi connectivity index (χ2n) is 8.62. The summed E-state index contributed by atoms with van der Waals surface area (Å²) in [6.07, 6.45) is -2.46. The maximum Gasteiger partial charge on any atom is 0.426 e. The molecule has 15 nitrogen and oxygen atoms in total. The molecule has 5 atom stereocenters. The van der Waals surface area contributed by atoms with Gasteiger partial charge in [-0.3, -0.25) is 15.0 Å². The van der Waals surface area contributed by atoms with Crippen molar-refractivity contribution in [1.29, 1.82) is 0 Å². The normalized spacial score (nSPS) is 29.9. The average molecular weight is 526 g/mol. The van der Waals surface area contributed by atoms with E-state index in [1.165, 1.54) is 25.1 Å². The average Bonchev–Trinajstić information content (AvgIpc) is 3.25. The zero-order chi connectivity index (χ0) is 26.6. The maximum atomic E-state index is 12.8. The summed E-state index contributed by atoms with van der Waals surface area (Å²) in [4.78, 5) is 53.0. The minimum absolute atomic E-state index is 0.0479. The molecule has 16 heteroatoms. The number of ether oxygens (including phenoxy) is 2. The van der Waals surface area contributed by atoms with Crippen molar-refractivity contribution in [2.45, 2.75) is 48.6 Å². The highest BCUT2D eigenvalue weighted by Gasteiger charge is 2.70. The van der Waals surface area contributed by atoms with Gasteiger partial charge in [-0.25, -0.2) is 28.4 Å². The number of para-hydroxylation sites is 1. The number of carbonyl (C=O) groups is 4. The van der Waals surface area contributed by atoms with Crippen LogP contribution < -0.4 is 10.9 Å². The van der Waals surface area contributed by atoms with E-state index in [1.54, 1.807) is 0 Å². The Balaban J connectivity index is 1.38. The number of fused-ring (bicyclic) bond motifs is 1. The molecule has 0 bridgehead atoms. The predicted molar refractivity (Wildman–Crippen MR) is 117 cm³/mol. The van der Waals surface area contributed by atoms with Crippen LogP contribution in [0.1, 0.15) is 25.8 Å². The lowest BCUT2D eigenvalue weighted by Crippen LogP contribution is -2.58. The first kappa shape index (κ1) is 25.0. The third kappa shape index (κ3) is 3.73. The Morgan fingerprint density at radius 1 is 1.28 bits per heavy atom. The topological polar surface area (TPSA) is 221 Å². The lowest BCUT2D eigenvalue weighted by molar-refractivity contribution is -0.158. The number of hydrogen-bond donors (Lipinski definition) is 5. The van der Waals surface area contributed by atoms with Gasteiger partial charge in [0.25, 0.3) is 5.91 Å². The van der Waals surface area contributed by atoms with Gasteiger partial charge >= 0.3 is 12.1 Å². The Kier molecular flexibility index (Phi) is 5.94. The number of aliphatic carboxylic acids is 1. The van der Waals surface area contributed by atoms with Crippen LogP contribution in [0, 0.1) is 0 Å². The van der Waals surface area contributed by atoms with Crippen molar-refractivity contribution in [2.24, 2.45) is 4.99 Å². The SMILES string of the molecule is C[C@H]1OC(c2cccc(O)c2O)=N[C@@H]1C(=O)NNC(=O)OC[C@@]1(C)[C@H](C(=O)O)N2C(=O)C[C@H]2S1(=O)=O. The molecule has 0 saturated carbocycles. The van der Waals surface area contributed by atoms with Gasteiger partial charge in [0.05, 0.1) is 12.0 Å². The highest BCUT2D eigenvalue weighted by molar-refractivity contribution is 7.94. The van der Waals surface area contributed by atoms with Gasteiger partial charge in [0.1, 0.15) is 22.8 Å². The van der Waals surface area contributed by atoms with Crippen LogP contribution in [0.25, 0.3) is 0 Å². The molecule has 5 N–H and O–H groups in total. The summed E-state index contributed by atoms with van der Waals surface area (Å²) in [6, 6.07) is 1.18. The van der Waals surface area contributed by atoms with Gasteiger partial charge in [0, 0.05) is 0 Å². The van der Waals surface area contributed by atoms with Crippen molar-refractivity contribution in [3.8, 4) is 11.5 Å². The first-order chi connectivity index (χ1) is 16.8. The smallest absolute Gasteiger partial charge is 0.426 e. The van der Waals surface area contributed by atoms with Gasteiger partial charge in [-0.1, -0.05) is 6.07 Å². The Hall–Kier alpha value is -4.08. The number of phenolic OH excluding ortho intramolecular Hbond substituents is 2. The molecule has 3 heterocycles. The Labute approximate surface area is 203 Å². The third-order valence-electron chi connectivity index (χ3n) is 6.34. The molecule has 36 heavy (non-hydrogen) atoms. The molecule has 0 aliphatic carbocycles. The fourth-order valence-corrected chi connectivity index (χ4v) is 6.59. The molecule has 0 aromatic heterocycles. The van der Waals surface area contributed by atoms with Gasteiger partial charge in [0.2, 0.25) is 11.8 Å². The van der Waals surface area contributed by atoms with E-state index in [1.807, 2.05) is 10.9 Å². The number of sulfone groups is 1. The monoisotopic (exact) mass is 526 g/mol. The zero-order valence-electron chi connectivity index (χ0n) is 18.9. The number of nitrogens with one attached hydrogen (secondary N) is 2. The molecule has 2 saturated heterocycles. The second-order valence-corrected chi connectivity index (χ2v) is 11.2. The quantitative estimate of drug-likeness (QED) is 0.170. The number of carboxylic acids is 1. The second kappa shape index (κ2) is 8.54. The third-order valence-corrected chi connectivity index (χ3v) is 9.09. The molecular formula is C20H22N4O11S. The van der Waals surface area contributed by atoms with Crippen LogP contribution in [0.15, 0.2) is 23.2 Å². The summed E-state index contributed by atoms with van der Waals surface area (Å²) < 4.78 is 33.9. The molecule has 1 aromatic rings. The predicted octanol–water partition coefficient (Wildman–Crippen LogP) is -1.41. The van der Waals surface area contributed by atoms with Gasteiger partial charge in [-0.05, 0) is 26.0 Å². The van der Waals surface area contributed by atoms with Crippen LogP contribution in [0.5, 0.6) is 11.5 Å².